The van der Waals surface area contributed by atoms with E-state index in [4.69, 9.17) is 4.74 Å². The SMILES string of the molecule is COc1ccc2ccccc2c1CCCCN1CCN(CC(c2ccc(F)cc2)N2CCC(N3CCCC3)CC2)CC1. The third-order valence-corrected chi connectivity index (χ3v) is 10.1. The number of ether oxygens (including phenoxy) is 1. The Bertz CT molecular complexity index is 1260. The summed E-state index contributed by atoms with van der Waals surface area (Å²) >= 11 is 0. The number of rotatable bonds is 11. The molecular weight excluding hydrogens is 523 g/mol. The monoisotopic (exact) mass is 572 g/mol. The second-order valence-corrected chi connectivity index (χ2v) is 12.6. The number of nitrogens with zero attached hydrogens (tertiary/aromatic N) is 4. The number of hydrogen-bond donors (Lipinski definition) is 0. The molecule has 0 bridgehead atoms. The van der Waals surface area contributed by atoms with Crippen LogP contribution in [0, 0.1) is 5.82 Å². The van der Waals surface area contributed by atoms with E-state index in [2.05, 4.69) is 56.0 Å². The summed E-state index contributed by atoms with van der Waals surface area (Å²) in [5, 5.41) is 2.61. The molecule has 3 heterocycles. The summed E-state index contributed by atoms with van der Waals surface area (Å²) in [7, 11) is 1.78. The topological polar surface area (TPSA) is 22.2 Å². The van der Waals surface area contributed by atoms with Crippen LogP contribution in [0.4, 0.5) is 4.39 Å². The summed E-state index contributed by atoms with van der Waals surface area (Å²) in [6.07, 6.45) is 8.68. The van der Waals surface area contributed by atoms with Gasteiger partial charge in [0.1, 0.15) is 11.6 Å². The van der Waals surface area contributed by atoms with Gasteiger partial charge in [-0.1, -0.05) is 42.5 Å². The molecule has 0 saturated carbocycles. The van der Waals surface area contributed by atoms with E-state index in [9.17, 15) is 4.39 Å². The molecule has 5 nitrogen and oxygen atoms in total. The lowest BCUT2D eigenvalue weighted by molar-refractivity contribution is 0.0588. The number of aryl methyl sites for hydroxylation is 1. The highest BCUT2D eigenvalue weighted by Gasteiger charge is 2.31. The van der Waals surface area contributed by atoms with Crippen LogP contribution in [0.15, 0.2) is 60.7 Å². The van der Waals surface area contributed by atoms with Crippen LogP contribution < -0.4 is 4.74 Å². The van der Waals surface area contributed by atoms with E-state index >= 15 is 0 Å². The molecule has 6 heteroatoms. The zero-order chi connectivity index (χ0) is 28.7. The lowest BCUT2D eigenvalue weighted by Gasteiger charge is -2.43. The van der Waals surface area contributed by atoms with Crippen LogP contribution in [0.1, 0.15) is 55.7 Å². The van der Waals surface area contributed by atoms with Gasteiger partial charge in [-0.3, -0.25) is 9.80 Å². The van der Waals surface area contributed by atoms with Gasteiger partial charge in [-0.25, -0.2) is 4.39 Å². The third-order valence-electron chi connectivity index (χ3n) is 10.1. The van der Waals surface area contributed by atoms with Crippen molar-refractivity contribution in [3.63, 3.8) is 0 Å². The Morgan fingerprint density at radius 1 is 0.786 bits per heavy atom. The molecule has 1 unspecified atom stereocenters. The molecule has 3 aliphatic rings. The Morgan fingerprint density at radius 3 is 2.24 bits per heavy atom. The average molecular weight is 573 g/mol. The summed E-state index contributed by atoms with van der Waals surface area (Å²) in [5.74, 6) is 0.871. The first-order chi connectivity index (χ1) is 20.7. The van der Waals surface area contributed by atoms with Crippen molar-refractivity contribution >= 4 is 10.8 Å². The minimum absolute atomic E-state index is 0.141. The van der Waals surface area contributed by atoms with Gasteiger partial charge < -0.3 is 14.5 Å². The molecular formula is C36H49FN4O. The molecule has 6 rings (SSSR count). The lowest BCUT2D eigenvalue weighted by atomic mass is 9.97. The summed E-state index contributed by atoms with van der Waals surface area (Å²) < 4.78 is 19.5. The number of benzene rings is 3. The fourth-order valence-electron chi connectivity index (χ4n) is 7.63. The van der Waals surface area contributed by atoms with Gasteiger partial charge in [-0.05, 0) is 99.1 Å². The molecule has 3 aromatic rings. The molecule has 0 N–H and O–H groups in total. The number of methoxy groups -OCH3 is 1. The van der Waals surface area contributed by atoms with Crippen LogP contribution in [0.3, 0.4) is 0 Å². The Hall–Kier alpha value is -2.51. The number of piperazine rings is 1. The van der Waals surface area contributed by atoms with Gasteiger partial charge in [-0.2, -0.15) is 0 Å². The molecule has 0 aliphatic carbocycles. The summed E-state index contributed by atoms with van der Waals surface area (Å²) in [6, 6.07) is 21.4. The van der Waals surface area contributed by atoms with Gasteiger partial charge in [0.15, 0.2) is 0 Å². The van der Waals surface area contributed by atoms with Gasteiger partial charge in [0, 0.05) is 63.5 Å². The Morgan fingerprint density at radius 2 is 1.50 bits per heavy atom. The molecule has 3 fully saturated rings. The van der Waals surface area contributed by atoms with E-state index in [1.807, 2.05) is 12.1 Å². The van der Waals surface area contributed by atoms with Gasteiger partial charge in [0.2, 0.25) is 0 Å². The van der Waals surface area contributed by atoms with Gasteiger partial charge >= 0.3 is 0 Å². The van der Waals surface area contributed by atoms with Crippen molar-refractivity contribution < 1.29 is 9.13 Å². The van der Waals surface area contributed by atoms with Crippen LogP contribution in [0.5, 0.6) is 5.75 Å². The zero-order valence-corrected chi connectivity index (χ0v) is 25.5. The van der Waals surface area contributed by atoms with Crippen LogP contribution in [-0.4, -0.2) is 98.2 Å². The maximum atomic E-state index is 13.8. The number of fused-ring (bicyclic) bond motifs is 1. The second kappa shape index (κ2) is 14.3. The van der Waals surface area contributed by atoms with Gasteiger partial charge in [-0.15, -0.1) is 0 Å². The molecule has 3 aliphatic heterocycles. The molecule has 42 heavy (non-hydrogen) atoms. The molecule has 0 aromatic heterocycles. The standard InChI is InChI=1S/C36H49FN4O/c1-42-36-16-13-29-8-2-3-9-33(29)34(36)10-4-5-19-38-24-26-39(27-25-38)28-35(30-11-14-31(37)15-12-30)41-22-17-32(18-23-41)40-20-6-7-21-40/h2-3,8-9,11-16,32,35H,4-7,10,17-28H2,1H3. The highest BCUT2D eigenvalue weighted by atomic mass is 19.1. The van der Waals surface area contributed by atoms with Crippen molar-refractivity contribution in [1.29, 1.82) is 0 Å². The first kappa shape index (κ1) is 29.6. The van der Waals surface area contributed by atoms with Crippen LogP contribution >= 0.6 is 0 Å². The van der Waals surface area contributed by atoms with Crippen molar-refractivity contribution in [3.05, 3.63) is 77.6 Å². The maximum Gasteiger partial charge on any atom is 0.123 e. The van der Waals surface area contributed by atoms with Crippen molar-refractivity contribution in [2.45, 2.75) is 57.0 Å². The minimum atomic E-state index is -0.141. The molecule has 1 atom stereocenters. The quantitative estimate of drug-likeness (QED) is 0.254. The molecule has 226 valence electrons. The minimum Gasteiger partial charge on any atom is -0.496 e. The molecule has 0 radical (unpaired) electrons. The van der Waals surface area contributed by atoms with E-state index in [0.29, 0.717) is 6.04 Å². The highest BCUT2D eigenvalue weighted by Crippen LogP contribution is 2.31. The largest absolute Gasteiger partial charge is 0.496 e. The summed E-state index contributed by atoms with van der Waals surface area (Å²) in [6.45, 7) is 11.5. The van der Waals surface area contributed by atoms with E-state index in [1.54, 1.807) is 19.2 Å². The fraction of sp³-hybridized carbons (Fsp3) is 0.556. The fourth-order valence-corrected chi connectivity index (χ4v) is 7.63. The Kier molecular flexibility index (Phi) is 10.1. The first-order valence-corrected chi connectivity index (χ1v) is 16.4. The maximum absolute atomic E-state index is 13.8. The van der Waals surface area contributed by atoms with E-state index < -0.39 is 0 Å². The number of unbranched alkanes of at least 4 members (excludes halogenated alkanes) is 1. The van der Waals surface area contributed by atoms with Crippen molar-refractivity contribution in [2.75, 3.05) is 72.6 Å². The van der Waals surface area contributed by atoms with Crippen molar-refractivity contribution in [1.82, 2.24) is 19.6 Å². The molecule has 0 amide bonds. The molecule has 3 aromatic carbocycles. The van der Waals surface area contributed by atoms with Crippen molar-refractivity contribution in [3.8, 4) is 5.75 Å². The van der Waals surface area contributed by atoms with Gasteiger partial charge in [0.25, 0.3) is 0 Å². The van der Waals surface area contributed by atoms with E-state index in [-0.39, 0.29) is 5.82 Å². The third kappa shape index (κ3) is 7.16. The summed E-state index contributed by atoms with van der Waals surface area (Å²) in [5.41, 5.74) is 2.61. The van der Waals surface area contributed by atoms with Crippen LogP contribution in [0.2, 0.25) is 0 Å². The lowest BCUT2D eigenvalue weighted by Crippen LogP contribution is -2.51. The predicted molar refractivity (Wildman–Crippen MR) is 171 cm³/mol. The first-order valence-electron chi connectivity index (χ1n) is 16.4. The molecule has 0 spiro atoms. The van der Waals surface area contributed by atoms with E-state index in [0.717, 1.165) is 70.6 Å². The smallest absolute Gasteiger partial charge is 0.123 e. The van der Waals surface area contributed by atoms with Crippen LogP contribution in [0.25, 0.3) is 10.8 Å². The Balaban J connectivity index is 0.990. The normalized spacial score (nSPS) is 20.8. The Labute approximate surface area is 252 Å². The van der Waals surface area contributed by atoms with Gasteiger partial charge in [0.05, 0.1) is 7.11 Å². The van der Waals surface area contributed by atoms with E-state index in [1.165, 1.54) is 73.5 Å². The number of likely N-dealkylation sites (tertiary alicyclic amines) is 2. The number of halogens is 1. The number of piperidine rings is 1. The van der Waals surface area contributed by atoms with Crippen molar-refractivity contribution in [2.24, 2.45) is 0 Å². The average Bonchev–Trinajstić information content (AvgIpc) is 3.58. The molecule has 3 saturated heterocycles. The van der Waals surface area contributed by atoms with Crippen LogP contribution in [-0.2, 0) is 6.42 Å². The number of hydrogen-bond acceptors (Lipinski definition) is 5. The summed E-state index contributed by atoms with van der Waals surface area (Å²) in [4.78, 5) is 10.7. The second-order valence-electron chi connectivity index (χ2n) is 12.6. The zero-order valence-electron chi connectivity index (χ0n) is 25.5. The highest BCUT2D eigenvalue weighted by molar-refractivity contribution is 5.87. The predicted octanol–water partition coefficient (Wildman–Crippen LogP) is 6.23.